The van der Waals surface area contributed by atoms with Gasteiger partial charge in [0.25, 0.3) is 0 Å². The van der Waals surface area contributed by atoms with E-state index < -0.39 is 11.2 Å². The summed E-state index contributed by atoms with van der Waals surface area (Å²) in [6.07, 6.45) is 7.05. The first-order valence-corrected chi connectivity index (χ1v) is 8.00. The van der Waals surface area contributed by atoms with E-state index >= 15 is 0 Å². The largest absolute Gasteiger partial charge is 0.460 e. The predicted octanol–water partition coefficient (Wildman–Crippen LogP) is 3.48. The monoisotopic (exact) mass is 312 g/mol. The maximum atomic E-state index is 11.2. The Kier molecular flexibility index (Phi) is 4.71. The summed E-state index contributed by atoms with van der Waals surface area (Å²) in [6.45, 7) is 9.38. The highest BCUT2D eigenvalue weighted by atomic mass is 17.1. The fourth-order valence-electron chi connectivity index (χ4n) is 3.67. The first-order chi connectivity index (χ1) is 10.1. The number of ether oxygens (including phenoxy) is 2. The van der Waals surface area contributed by atoms with E-state index in [0.29, 0.717) is 0 Å². The van der Waals surface area contributed by atoms with Gasteiger partial charge in [-0.25, -0.2) is 4.89 Å². The smallest absolute Gasteiger partial charge is 0.303 e. The lowest BCUT2D eigenvalue weighted by Gasteiger charge is -2.51. The van der Waals surface area contributed by atoms with Crippen LogP contribution in [0.1, 0.15) is 60.3 Å². The van der Waals surface area contributed by atoms with Crippen molar-refractivity contribution in [1.29, 1.82) is 0 Å². The van der Waals surface area contributed by atoms with Gasteiger partial charge in [-0.05, 0) is 53.4 Å². The summed E-state index contributed by atoms with van der Waals surface area (Å²) >= 11 is 0. The third-order valence-corrected chi connectivity index (χ3v) is 5.11. The minimum Gasteiger partial charge on any atom is -0.460 e. The maximum absolute atomic E-state index is 11.2. The Bertz CT molecular complexity index is 458. The fourth-order valence-corrected chi connectivity index (χ4v) is 3.67. The van der Waals surface area contributed by atoms with Crippen LogP contribution in [0.15, 0.2) is 12.2 Å². The van der Waals surface area contributed by atoms with E-state index in [4.69, 9.17) is 14.7 Å². The van der Waals surface area contributed by atoms with Gasteiger partial charge in [-0.1, -0.05) is 12.2 Å². The first kappa shape index (κ1) is 17.4. The molecule has 5 nitrogen and oxygen atoms in total. The molecule has 126 valence electrons. The molecule has 4 atom stereocenters. The fraction of sp³-hybridized carbons (Fsp3) is 0.824. The van der Waals surface area contributed by atoms with Crippen LogP contribution in [0.25, 0.3) is 0 Å². The van der Waals surface area contributed by atoms with Crippen molar-refractivity contribution in [3.05, 3.63) is 12.2 Å². The predicted molar refractivity (Wildman–Crippen MR) is 82.3 cm³/mol. The minimum absolute atomic E-state index is 0.211. The molecule has 4 unspecified atom stereocenters. The minimum atomic E-state index is -0.600. The van der Waals surface area contributed by atoms with E-state index in [0.717, 1.165) is 25.7 Å². The molecule has 1 fully saturated rings. The van der Waals surface area contributed by atoms with Crippen molar-refractivity contribution >= 4 is 5.97 Å². The Morgan fingerprint density at radius 1 is 1.23 bits per heavy atom. The van der Waals surface area contributed by atoms with Gasteiger partial charge in [0.05, 0.1) is 5.60 Å². The average Bonchev–Trinajstić information content (AvgIpc) is 2.42. The third-order valence-electron chi connectivity index (χ3n) is 5.11. The van der Waals surface area contributed by atoms with E-state index in [-0.39, 0.29) is 23.6 Å². The Morgan fingerprint density at radius 2 is 1.91 bits per heavy atom. The van der Waals surface area contributed by atoms with Crippen molar-refractivity contribution in [3.8, 4) is 0 Å². The van der Waals surface area contributed by atoms with Gasteiger partial charge in [0, 0.05) is 12.8 Å². The molecular weight excluding hydrogens is 284 g/mol. The molecule has 1 heterocycles. The van der Waals surface area contributed by atoms with Crippen molar-refractivity contribution in [2.24, 2.45) is 5.92 Å². The molecule has 5 heteroatoms. The van der Waals surface area contributed by atoms with Crippen molar-refractivity contribution in [2.75, 3.05) is 0 Å². The molecule has 1 N–H and O–H groups in total. The van der Waals surface area contributed by atoms with Gasteiger partial charge in [0.15, 0.2) is 0 Å². The Balaban J connectivity index is 2.10. The van der Waals surface area contributed by atoms with Crippen molar-refractivity contribution in [3.63, 3.8) is 0 Å². The van der Waals surface area contributed by atoms with Crippen LogP contribution in [0.5, 0.6) is 0 Å². The van der Waals surface area contributed by atoms with Gasteiger partial charge in [-0.15, -0.1) is 0 Å². The van der Waals surface area contributed by atoms with E-state index in [9.17, 15) is 4.79 Å². The zero-order chi connectivity index (χ0) is 16.6. The zero-order valence-corrected chi connectivity index (χ0v) is 14.2. The van der Waals surface area contributed by atoms with E-state index in [2.05, 4.69) is 17.9 Å². The van der Waals surface area contributed by atoms with Crippen LogP contribution in [0.3, 0.4) is 0 Å². The van der Waals surface area contributed by atoms with Crippen LogP contribution in [-0.2, 0) is 19.2 Å². The average molecular weight is 312 g/mol. The molecule has 1 saturated heterocycles. The van der Waals surface area contributed by atoms with Crippen molar-refractivity contribution < 1.29 is 24.4 Å². The van der Waals surface area contributed by atoms with Crippen LogP contribution in [-0.4, -0.2) is 34.1 Å². The van der Waals surface area contributed by atoms with Gasteiger partial charge in [0.2, 0.25) is 0 Å². The third kappa shape index (κ3) is 3.53. The second-order valence-electron chi connectivity index (χ2n) is 7.56. The Hall–Kier alpha value is -0.910. The van der Waals surface area contributed by atoms with Crippen LogP contribution < -0.4 is 0 Å². The standard InChI is InChI=1S/C17H28O5/c1-12(18)20-14-8-11-17(5,21-15(14,2)3)13-6-9-16(4,22-19)10-7-13/h6,9,13-14,19H,7-8,10-11H2,1-5H3. The molecule has 2 aliphatic rings. The van der Waals surface area contributed by atoms with Gasteiger partial charge in [-0.3, -0.25) is 10.1 Å². The number of carbonyl (C=O) groups is 1. The van der Waals surface area contributed by atoms with Gasteiger partial charge >= 0.3 is 5.97 Å². The van der Waals surface area contributed by atoms with Crippen molar-refractivity contribution in [2.45, 2.75) is 83.2 Å². The van der Waals surface area contributed by atoms with E-state index in [1.54, 1.807) is 0 Å². The molecule has 2 rings (SSSR count). The highest BCUT2D eigenvalue weighted by molar-refractivity contribution is 5.66. The van der Waals surface area contributed by atoms with Gasteiger partial charge in [0.1, 0.15) is 17.3 Å². The molecule has 0 spiro atoms. The quantitative estimate of drug-likeness (QED) is 0.374. The molecule has 0 radical (unpaired) electrons. The summed E-state index contributed by atoms with van der Waals surface area (Å²) in [5.41, 5.74) is -1.41. The summed E-state index contributed by atoms with van der Waals surface area (Å²) in [5.74, 6) is -0.00743. The van der Waals surface area contributed by atoms with Crippen molar-refractivity contribution in [1.82, 2.24) is 0 Å². The summed E-state index contributed by atoms with van der Waals surface area (Å²) in [7, 11) is 0. The molecule has 0 saturated carbocycles. The number of rotatable bonds is 3. The van der Waals surface area contributed by atoms with E-state index in [1.165, 1.54) is 6.92 Å². The SMILES string of the molecule is CC(=O)OC1CCC(C)(C2C=CC(C)(OO)CC2)OC1(C)C. The summed E-state index contributed by atoms with van der Waals surface area (Å²) in [6, 6.07) is 0. The highest BCUT2D eigenvalue weighted by Crippen LogP contribution is 2.45. The number of hydrogen-bond acceptors (Lipinski definition) is 5. The molecule has 0 bridgehead atoms. The molecule has 0 amide bonds. The Labute approximate surface area is 132 Å². The van der Waals surface area contributed by atoms with Gasteiger partial charge < -0.3 is 9.47 Å². The number of hydrogen-bond donors (Lipinski definition) is 1. The molecule has 22 heavy (non-hydrogen) atoms. The first-order valence-electron chi connectivity index (χ1n) is 8.00. The van der Waals surface area contributed by atoms with Gasteiger partial charge in [-0.2, -0.15) is 0 Å². The topological polar surface area (TPSA) is 65.0 Å². The second-order valence-corrected chi connectivity index (χ2v) is 7.56. The molecule has 0 aromatic carbocycles. The lowest BCUT2D eigenvalue weighted by molar-refractivity contribution is -0.307. The van der Waals surface area contributed by atoms with Crippen LogP contribution in [0.2, 0.25) is 0 Å². The molecular formula is C17H28O5. The van der Waals surface area contributed by atoms with Crippen LogP contribution >= 0.6 is 0 Å². The summed E-state index contributed by atoms with van der Waals surface area (Å²) < 4.78 is 11.8. The lowest BCUT2D eigenvalue weighted by Crippen LogP contribution is -2.56. The molecule has 0 aromatic heterocycles. The molecule has 0 aromatic rings. The Morgan fingerprint density at radius 3 is 2.36 bits per heavy atom. The van der Waals surface area contributed by atoms with Crippen LogP contribution in [0, 0.1) is 5.92 Å². The molecule has 1 aliphatic heterocycles. The van der Waals surface area contributed by atoms with Crippen LogP contribution in [0.4, 0.5) is 0 Å². The zero-order valence-electron chi connectivity index (χ0n) is 14.2. The lowest BCUT2D eigenvalue weighted by atomic mass is 9.72. The number of esters is 1. The molecule has 1 aliphatic carbocycles. The maximum Gasteiger partial charge on any atom is 0.303 e. The summed E-state index contributed by atoms with van der Waals surface area (Å²) in [4.78, 5) is 15.8. The van der Waals surface area contributed by atoms with E-state index in [1.807, 2.05) is 26.8 Å². The summed E-state index contributed by atoms with van der Waals surface area (Å²) in [5, 5.41) is 8.98. The number of carbonyl (C=O) groups excluding carboxylic acids is 1. The second kappa shape index (κ2) is 5.95. The normalized spacial score (nSPS) is 41.2. The highest BCUT2D eigenvalue weighted by Gasteiger charge is 2.49.